The van der Waals surface area contributed by atoms with Crippen molar-refractivity contribution in [2.75, 3.05) is 41.2 Å². The Bertz CT molecular complexity index is 1130. The third kappa shape index (κ3) is 9.22. The number of ether oxygens (including phenoxy) is 6. The molecule has 0 aromatic rings. The van der Waals surface area contributed by atoms with Crippen molar-refractivity contribution >= 4 is 17.5 Å². The summed E-state index contributed by atoms with van der Waals surface area (Å²) in [4.78, 5) is 35.3. The molecule has 1 unspecified atom stereocenters. The van der Waals surface area contributed by atoms with E-state index in [1.54, 1.807) is 26.8 Å². The summed E-state index contributed by atoms with van der Waals surface area (Å²) in [6.45, 7) is 14.4. The zero-order valence-electron chi connectivity index (χ0n) is 30.7. The van der Waals surface area contributed by atoms with Crippen molar-refractivity contribution in [2.45, 2.75) is 129 Å². The number of rotatable bonds is 7. The van der Waals surface area contributed by atoms with Gasteiger partial charge in [0.05, 0.1) is 42.8 Å². The lowest BCUT2D eigenvalue weighted by molar-refractivity contribution is -0.296. The van der Waals surface area contributed by atoms with Crippen LogP contribution in [0, 0.1) is 23.7 Å². The van der Waals surface area contributed by atoms with Crippen LogP contribution in [0.2, 0.25) is 0 Å². The van der Waals surface area contributed by atoms with E-state index in [1.807, 2.05) is 52.8 Å². The minimum absolute atomic E-state index is 0.103. The van der Waals surface area contributed by atoms with Gasteiger partial charge in [-0.15, -0.1) is 0 Å². The summed E-state index contributed by atoms with van der Waals surface area (Å²) < 4.78 is 36.8. The summed E-state index contributed by atoms with van der Waals surface area (Å²) in [6, 6.07) is -0.253. The maximum atomic E-state index is 14.2. The molecule has 0 spiro atoms. The number of aliphatic hydroxyl groups is 2. The van der Waals surface area contributed by atoms with Gasteiger partial charge in [-0.2, -0.15) is 0 Å². The Kier molecular flexibility index (Phi) is 14.6. The summed E-state index contributed by atoms with van der Waals surface area (Å²) in [6.07, 6.45) is -0.461. The van der Waals surface area contributed by atoms with Crippen molar-refractivity contribution < 1.29 is 53.1 Å². The van der Waals surface area contributed by atoms with E-state index in [9.17, 15) is 19.8 Å². The Morgan fingerprint density at radius 2 is 1.73 bits per heavy atom. The third-order valence-corrected chi connectivity index (χ3v) is 10.2. The average Bonchev–Trinajstić information content (AvgIpc) is 3.02. The minimum atomic E-state index is -1.68. The van der Waals surface area contributed by atoms with E-state index >= 15 is 0 Å². The van der Waals surface area contributed by atoms with Crippen LogP contribution in [0.1, 0.15) is 74.7 Å². The molecule has 2 saturated heterocycles. The molecule has 0 saturated carbocycles. The van der Waals surface area contributed by atoms with Crippen LogP contribution >= 0.6 is 0 Å². The number of carbonyl (C=O) groups is 2. The molecule has 0 radical (unpaired) electrons. The molecule has 0 aromatic heterocycles. The molecule has 2 fully saturated rings. The van der Waals surface area contributed by atoms with Gasteiger partial charge < -0.3 is 48.4 Å². The number of carbonyl (C=O) groups excluding carboxylic acids is 2. The normalized spacial score (nSPS) is 43.9. The molecule has 48 heavy (non-hydrogen) atoms. The highest BCUT2D eigenvalue weighted by molar-refractivity contribution is 6.00. The molecule has 2 bridgehead atoms. The number of oxime groups is 1. The quantitative estimate of drug-likeness (QED) is 0.101. The van der Waals surface area contributed by atoms with Crippen molar-refractivity contribution in [1.29, 1.82) is 0 Å². The SMILES string of the molecule is CC[C@H]1OC(=O)C(C)C(=O)[C@@H](C)[C@@H](O[C@@H]2O[C@H](C)C[C@H](N(C)C)[C@H]2O)[C@]2(C)C[C@@H](C)/C(=N\OCOC)[C@H](C)[C@@H](OC/C=C/CO2)[C@]1(C)O. The van der Waals surface area contributed by atoms with E-state index in [4.69, 9.17) is 33.3 Å². The van der Waals surface area contributed by atoms with Crippen LogP contribution < -0.4 is 0 Å². The first-order chi connectivity index (χ1) is 22.5. The summed E-state index contributed by atoms with van der Waals surface area (Å²) >= 11 is 0. The van der Waals surface area contributed by atoms with Crippen molar-refractivity contribution in [3.05, 3.63) is 12.2 Å². The number of ketones is 1. The van der Waals surface area contributed by atoms with Gasteiger partial charge in [-0.1, -0.05) is 45.0 Å². The zero-order chi connectivity index (χ0) is 36.0. The highest BCUT2D eigenvalue weighted by Crippen LogP contribution is 2.39. The van der Waals surface area contributed by atoms with Crippen LogP contribution in [0.15, 0.2) is 17.3 Å². The highest BCUT2D eigenvalue weighted by Gasteiger charge is 2.52. The Labute approximate surface area is 286 Å². The lowest BCUT2D eigenvalue weighted by atomic mass is 9.73. The Balaban J connectivity index is 2.26. The van der Waals surface area contributed by atoms with Crippen LogP contribution in [-0.2, 0) is 42.8 Å². The van der Waals surface area contributed by atoms with Crippen molar-refractivity contribution in [3.63, 3.8) is 0 Å². The maximum absolute atomic E-state index is 14.2. The average molecular weight is 685 g/mol. The second-order valence-electron chi connectivity index (χ2n) is 14.4. The van der Waals surface area contributed by atoms with E-state index in [0.717, 1.165) is 0 Å². The van der Waals surface area contributed by atoms with Gasteiger partial charge in [0.1, 0.15) is 23.7 Å². The molecule has 276 valence electrons. The van der Waals surface area contributed by atoms with Gasteiger partial charge in [-0.3, -0.25) is 9.59 Å². The van der Waals surface area contributed by atoms with E-state index in [1.165, 1.54) is 14.0 Å². The first-order valence-electron chi connectivity index (χ1n) is 17.2. The van der Waals surface area contributed by atoms with E-state index in [-0.39, 0.29) is 50.9 Å². The fraction of sp³-hybridized carbons (Fsp3) is 0.857. The smallest absolute Gasteiger partial charge is 0.316 e. The lowest BCUT2D eigenvalue weighted by Gasteiger charge is -2.48. The molecule has 3 aliphatic rings. The number of Topliss-reactive ketones (excluding diaryl/α,β-unsaturated/α-hetero) is 1. The van der Waals surface area contributed by atoms with Gasteiger partial charge in [-0.05, 0) is 61.1 Å². The number of fused-ring (bicyclic) bond motifs is 5. The lowest BCUT2D eigenvalue weighted by Crippen LogP contribution is -2.60. The minimum Gasteiger partial charge on any atom is -0.459 e. The molecule has 3 heterocycles. The van der Waals surface area contributed by atoms with Gasteiger partial charge in [0.25, 0.3) is 0 Å². The van der Waals surface area contributed by atoms with Crippen LogP contribution in [0.25, 0.3) is 0 Å². The summed E-state index contributed by atoms with van der Waals surface area (Å²) in [5, 5.41) is 28.1. The monoisotopic (exact) mass is 684 g/mol. The largest absolute Gasteiger partial charge is 0.459 e. The summed E-state index contributed by atoms with van der Waals surface area (Å²) in [5.41, 5.74) is -2.31. The van der Waals surface area contributed by atoms with Crippen molar-refractivity contribution in [1.82, 2.24) is 4.90 Å². The first kappa shape index (κ1) is 40.5. The van der Waals surface area contributed by atoms with Gasteiger partial charge in [0.2, 0.25) is 6.79 Å². The van der Waals surface area contributed by atoms with E-state index in [2.05, 4.69) is 5.16 Å². The second kappa shape index (κ2) is 17.3. The molecule has 0 aromatic carbocycles. The molecule has 13 nitrogen and oxygen atoms in total. The molecule has 3 aliphatic heterocycles. The summed E-state index contributed by atoms with van der Waals surface area (Å²) in [5.74, 6) is -4.20. The number of cyclic esters (lactones) is 1. The highest BCUT2D eigenvalue weighted by atomic mass is 16.7. The molecule has 3 rings (SSSR count). The molecular formula is C35H60N2O11. The third-order valence-electron chi connectivity index (χ3n) is 10.2. The fourth-order valence-corrected chi connectivity index (χ4v) is 7.54. The molecule has 0 aliphatic carbocycles. The summed E-state index contributed by atoms with van der Waals surface area (Å²) in [7, 11) is 5.27. The first-order valence-corrected chi connectivity index (χ1v) is 17.2. The van der Waals surface area contributed by atoms with Gasteiger partial charge in [0.15, 0.2) is 12.1 Å². The Morgan fingerprint density at radius 1 is 1.06 bits per heavy atom. The number of esters is 1. The van der Waals surface area contributed by atoms with Gasteiger partial charge >= 0.3 is 5.97 Å². The molecular weight excluding hydrogens is 624 g/mol. The van der Waals surface area contributed by atoms with Crippen LogP contribution in [0.3, 0.4) is 0 Å². The van der Waals surface area contributed by atoms with E-state index in [0.29, 0.717) is 12.1 Å². The van der Waals surface area contributed by atoms with Crippen molar-refractivity contribution in [2.24, 2.45) is 28.8 Å². The number of likely N-dealkylation sites (N-methyl/N-ethyl adjacent to an activating group) is 1. The molecule has 13 atom stereocenters. The maximum Gasteiger partial charge on any atom is 0.316 e. The number of hydrogen-bond acceptors (Lipinski definition) is 13. The number of methoxy groups -OCH3 is 1. The van der Waals surface area contributed by atoms with Crippen molar-refractivity contribution in [3.8, 4) is 0 Å². The molecule has 2 N–H and O–H groups in total. The van der Waals surface area contributed by atoms with Crippen LogP contribution in [0.5, 0.6) is 0 Å². The van der Waals surface area contributed by atoms with Crippen LogP contribution in [0.4, 0.5) is 0 Å². The Morgan fingerprint density at radius 3 is 2.35 bits per heavy atom. The van der Waals surface area contributed by atoms with Gasteiger partial charge in [-0.25, -0.2) is 0 Å². The number of aliphatic hydroxyl groups excluding tert-OH is 1. The predicted octanol–water partition coefficient (Wildman–Crippen LogP) is 3.09. The standard InChI is InChI=1S/C35H60N2O11/c1-12-26-35(8,41)31-22(4)27(36-45-19-42-11)20(2)18-34(7,44-16-14-13-15-43-31)30(23(5)28(38)24(6)32(40)47-26)48-33-29(39)25(37(9)10)17-21(3)46-33/h13-14,20-26,29-31,33,39,41H,12,15-19H2,1-11H3/b14-13+,36-27+/t20-,21-,22+,23-,24?,25+,26-,29-,30-,31-,33+,34+,35-/m1/s1. The van der Waals surface area contributed by atoms with Gasteiger partial charge in [0, 0.05) is 30.9 Å². The number of nitrogens with zero attached hydrogens (tertiary/aromatic N) is 2. The second-order valence-corrected chi connectivity index (χ2v) is 14.4. The number of hydrogen-bond donors (Lipinski definition) is 2. The van der Waals surface area contributed by atoms with Crippen LogP contribution in [-0.4, -0.2) is 128 Å². The Hall–Kier alpha value is -1.97. The topological polar surface area (TPSA) is 155 Å². The zero-order valence-corrected chi connectivity index (χ0v) is 30.7. The fourth-order valence-electron chi connectivity index (χ4n) is 7.54. The van der Waals surface area contributed by atoms with E-state index < -0.39 is 71.4 Å². The molecule has 0 amide bonds. The molecule has 13 heteroatoms. The predicted molar refractivity (Wildman–Crippen MR) is 178 cm³/mol.